The van der Waals surface area contributed by atoms with Crippen LogP contribution in [0.2, 0.25) is 0 Å². The van der Waals surface area contributed by atoms with Crippen molar-refractivity contribution in [2.75, 3.05) is 14.2 Å². The number of aliphatic hydroxyl groups is 2. The van der Waals surface area contributed by atoms with Crippen molar-refractivity contribution in [3.63, 3.8) is 0 Å². The Kier molecular flexibility index (Phi) is 10.3. The topological polar surface area (TPSA) is 113 Å². The Labute approximate surface area is 267 Å². The average molecular weight is 629 g/mol. The summed E-state index contributed by atoms with van der Waals surface area (Å²) in [6.45, 7) is 12.2. The van der Waals surface area contributed by atoms with Gasteiger partial charge >= 0.3 is 5.97 Å². The van der Waals surface area contributed by atoms with Gasteiger partial charge in [-0.05, 0) is 69.9 Å². The Morgan fingerprint density at radius 3 is 2.56 bits per heavy atom. The normalized spacial score (nSPS) is 46.4. The Morgan fingerprint density at radius 2 is 1.87 bits per heavy atom. The summed E-state index contributed by atoms with van der Waals surface area (Å²) in [5, 5.41) is 24.0. The summed E-state index contributed by atoms with van der Waals surface area (Å²) in [6.07, 6.45) is 9.81. The van der Waals surface area contributed by atoms with Gasteiger partial charge in [0.25, 0.3) is 0 Å². The highest BCUT2D eigenvalue weighted by Crippen LogP contribution is 2.50. The van der Waals surface area contributed by atoms with Crippen LogP contribution >= 0.6 is 0 Å². The van der Waals surface area contributed by atoms with Crippen molar-refractivity contribution in [3.05, 3.63) is 58.7 Å². The van der Waals surface area contributed by atoms with Gasteiger partial charge < -0.3 is 38.6 Å². The minimum absolute atomic E-state index is 0.0885. The summed E-state index contributed by atoms with van der Waals surface area (Å²) < 4.78 is 37.3. The predicted molar refractivity (Wildman–Crippen MR) is 169 cm³/mol. The molecule has 2 bridgehead atoms. The van der Waals surface area contributed by atoms with Crippen LogP contribution in [0.1, 0.15) is 73.6 Å². The first-order chi connectivity index (χ1) is 21.4. The summed E-state index contributed by atoms with van der Waals surface area (Å²) in [4.78, 5) is 14.3. The molecule has 5 aliphatic rings. The number of carbonyl (C=O) groups is 1. The molecule has 1 spiro atoms. The summed E-state index contributed by atoms with van der Waals surface area (Å²) in [7, 11) is 3.08. The van der Waals surface area contributed by atoms with Gasteiger partial charge in [-0.25, -0.2) is 0 Å². The number of hydrogen-bond donors (Lipinski definition) is 2. The van der Waals surface area contributed by atoms with E-state index in [4.69, 9.17) is 28.4 Å². The molecule has 0 aromatic carbocycles. The lowest BCUT2D eigenvalue weighted by Gasteiger charge is -2.52. The van der Waals surface area contributed by atoms with E-state index in [1.807, 2.05) is 32.9 Å². The minimum Gasteiger partial charge on any atom is -0.462 e. The van der Waals surface area contributed by atoms with E-state index in [0.717, 1.165) is 17.6 Å². The number of ether oxygens (including phenoxy) is 6. The highest BCUT2D eigenvalue weighted by molar-refractivity contribution is 5.78. The van der Waals surface area contributed by atoms with Crippen LogP contribution in [0.3, 0.4) is 0 Å². The first-order valence-electron chi connectivity index (χ1n) is 16.4. The summed E-state index contributed by atoms with van der Waals surface area (Å²) in [5.41, 5.74) is 1.70. The standard InChI is InChI=1S/C36H52O9/c1-9-22(4)30-24(6)17-29(37)35(45-30)19-26-18-25(44-35)14-13-21(3)15-20(2)11-10-12-27-34(41-8)43-32-31(40-7)23(5)16-28(33(38)42-26)36(27,32)39/h9-13,16,20,24-26,28-32,34,37,39H,14-15,17-19H2,1-8H3/b11-10-,21-13-,22-9+,27-12?/t20-,24-,25+,26-,28-,29+,30+,31+,32?,34-,35-,36+/m0/s1. The molecule has 5 rings (SSSR count). The van der Waals surface area contributed by atoms with Crippen molar-refractivity contribution in [1.82, 2.24) is 0 Å². The third-order valence-electron chi connectivity index (χ3n) is 10.4. The maximum Gasteiger partial charge on any atom is 0.316 e. The molecular formula is C36H52O9. The van der Waals surface area contributed by atoms with Gasteiger partial charge in [0.2, 0.25) is 0 Å². The van der Waals surface area contributed by atoms with Crippen LogP contribution < -0.4 is 0 Å². The molecule has 250 valence electrons. The van der Waals surface area contributed by atoms with Crippen molar-refractivity contribution in [3.8, 4) is 0 Å². The lowest BCUT2D eigenvalue weighted by atomic mass is 9.70. The molecule has 0 radical (unpaired) electrons. The fourth-order valence-electron chi connectivity index (χ4n) is 7.94. The zero-order chi connectivity index (χ0) is 32.7. The van der Waals surface area contributed by atoms with Gasteiger partial charge in [-0.1, -0.05) is 55.9 Å². The van der Waals surface area contributed by atoms with Crippen molar-refractivity contribution < 1.29 is 43.4 Å². The molecule has 3 saturated heterocycles. The lowest BCUT2D eigenvalue weighted by Crippen LogP contribution is -2.62. The zero-order valence-electron chi connectivity index (χ0n) is 28.0. The molecule has 0 amide bonds. The van der Waals surface area contributed by atoms with E-state index in [9.17, 15) is 15.0 Å². The van der Waals surface area contributed by atoms with Crippen LogP contribution in [0.4, 0.5) is 0 Å². The van der Waals surface area contributed by atoms with Crippen molar-refractivity contribution >= 4 is 5.97 Å². The van der Waals surface area contributed by atoms with Crippen molar-refractivity contribution in [2.45, 2.75) is 128 Å². The van der Waals surface area contributed by atoms with Gasteiger partial charge in [-0.2, -0.15) is 0 Å². The van der Waals surface area contributed by atoms with E-state index in [2.05, 4.69) is 32.9 Å². The van der Waals surface area contributed by atoms with Gasteiger partial charge in [0.1, 0.15) is 35.9 Å². The van der Waals surface area contributed by atoms with E-state index < -0.39 is 54.0 Å². The van der Waals surface area contributed by atoms with Crippen LogP contribution in [0.25, 0.3) is 0 Å². The van der Waals surface area contributed by atoms with Crippen LogP contribution in [-0.2, 0) is 33.2 Å². The summed E-state index contributed by atoms with van der Waals surface area (Å²) in [6, 6.07) is 0. The number of methoxy groups -OCH3 is 2. The molecule has 4 aliphatic heterocycles. The maximum atomic E-state index is 14.3. The number of allylic oxidation sites excluding steroid dienone is 5. The van der Waals surface area contributed by atoms with Gasteiger partial charge in [-0.3, -0.25) is 4.79 Å². The van der Waals surface area contributed by atoms with E-state index in [1.54, 1.807) is 19.3 Å². The highest BCUT2D eigenvalue weighted by atomic mass is 16.7. The SMILES string of the molecule is C/C=C(\C)[C@H]1O[C@@]2(C[C@@H]3C[C@@H](C/C=C(/C)C[C@@H](C)/C=C\C=C4[C@@H](OC)OC5[C@H](OC)C(C)=C[C@@H](C(=O)O3)[C@]45O)O2)[C@H](O)C[C@@H]1C. The Balaban J connectivity index is 1.57. The van der Waals surface area contributed by atoms with Crippen LogP contribution in [0.15, 0.2) is 58.7 Å². The Hall–Kier alpha value is -2.11. The number of fused-ring (bicyclic) bond motifs is 2. The molecule has 2 N–H and O–H groups in total. The molecule has 9 nitrogen and oxygen atoms in total. The van der Waals surface area contributed by atoms with E-state index in [1.165, 1.54) is 12.7 Å². The number of rotatable bonds is 3. The molecule has 4 heterocycles. The van der Waals surface area contributed by atoms with Crippen LogP contribution in [0.5, 0.6) is 0 Å². The van der Waals surface area contributed by atoms with Gasteiger partial charge in [0.15, 0.2) is 12.1 Å². The van der Waals surface area contributed by atoms with Gasteiger partial charge in [-0.15, -0.1) is 0 Å². The summed E-state index contributed by atoms with van der Waals surface area (Å²) >= 11 is 0. The molecule has 1 aliphatic carbocycles. The van der Waals surface area contributed by atoms with Crippen LogP contribution in [0, 0.1) is 17.8 Å². The third kappa shape index (κ3) is 6.42. The fourth-order valence-corrected chi connectivity index (χ4v) is 7.94. The first kappa shape index (κ1) is 34.2. The minimum atomic E-state index is -1.77. The second kappa shape index (κ2) is 13.6. The van der Waals surface area contributed by atoms with E-state index in [0.29, 0.717) is 24.8 Å². The number of esters is 1. The predicted octanol–water partition coefficient (Wildman–Crippen LogP) is 5.08. The Bertz CT molecular complexity index is 1260. The number of aliphatic hydroxyl groups excluding tert-OH is 1. The molecule has 9 heteroatoms. The van der Waals surface area contributed by atoms with Crippen molar-refractivity contribution in [1.29, 1.82) is 0 Å². The average Bonchev–Trinajstić information content (AvgIpc) is 3.28. The highest BCUT2D eigenvalue weighted by Gasteiger charge is 2.64. The fraction of sp³-hybridized carbons (Fsp3) is 0.694. The van der Waals surface area contributed by atoms with E-state index in [-0.39, 0.29) is 30.5 Å². The first-order valence-corrected chi connectivity index (χ1v) is 16.4. The zero-order valence-corrected chi connectivity index (χ0v) is 28.0. The molecule has 0 aromatic rings. The molecule has 0 aromatic heterocycles. The van der Waals surface area contributed by atoms with Crippen LogP contribution in [-0.4, -0.2) is 84.7 Å². The molecule has 3 fully saturated rings. The van der Waals surface area contributed by atoms with E-state index >= 15 is 0 Å². The number of carbonyl (C=O) groups excluding carboxylic acids is 1. The smallest absolute Gasteiger partial charge is 0.316 e. The molecule has 12 atom stereocenters. The maximum absolute atomic E-state index is 14.3. The lowest BCUT2D eigenvalue weighted by molar-refractivity contribution is -0.363. The second-order valence-electron chi connectivity index (χ2n) is 13.8. The Morgan fingerprint density at radius 1 is 1.11 bits per heavy atom. The van der Waals surface area contributed by atoms with Crippen molar-refractivity contribution in [2.24, 2.45) is 17.8 Å². The van der Waals surface area contributed by atoms with Gasteiger partial charge in [0, 0.05) is 32.6 Å². The summed E-state index contributed by atoms with van der Waals surface area (Å²) in [5.74, 6) is -2.69. The molecular weight excluding hydrogens is 576 g/mol. The molecule has 0 saturated carbocycles. The number of hydrogen-bond acceptors (Lipinski definition) is 9. The molecule has 45 heavy (non-hydrogen) atoms. The quantitative estimate of drug-likeness (QED) is 0.327. The van der Waals surface area contributed by atoms with Gasteiger partial charge in [0.05, 0.1) is 12.2 Å². The third-order valence-corrected chi connectivity index (χ3v) is 10.4. The second-order valence-corrected chi connectivity index (χ2v) is 13.8. The molecule has 1 unspecified atom stereocenters. The monoisotopic (exact) mass is 628 g/mol. The largest absolute Gasteiger partial charge is 0.462 e.